The van der Waals surface area contributed by atoms with Crippen LogP contribution in [-0.4, -0.2) is 40.1 Å². The van der Waals surface area contributed by atoms with E-state index in [1.165, 1.54) is 0 Å². The van der Waals surface area contributed by atoms with E-state index in [0.29, 0.717) is 12.2 Å². The maximum atomic E-state index is 12.3. The Morgan fingerprint density at radius 1 is 1.43 bits per heavy atom. The van der Waals surface area contributed by atoms with Gasteiger partial charge in [-0.25, -0.2) is 0 Å². The largest absolute Gasteiger partial charge is 0.380 e. The summed E-state index contributed by atoms with van der Waals surface area (Å²) in [6.07, 6.45) is 3.68. The van der Waals surface area contributed by atoms with Crippen LogP contribution in [0.25, 0.3) is 0 Å². The zero-order valence-electron chi connectivity index (χ0n) is 11.6. The molecule has 0 radical (unpaired) electrons. The highest BCUT2D eigenvalue weighted by atomic mass is 79.9. The molecular formula is C15H17BrN4O. The average Bonchev–Trinajstić information content (AvgIpc) is 3.01. The van der Waals surface area contributed by atoms with Gasteiger partial charge < -0.3 is 10.2 Å². The maximum Gasteiger partial charge on any atom is 0.271 e. The predicted molar refractivity (Wildman–Crippen MR) is 85.3 cm³/mol. The van der Waals surface area contributed by atoms with Gasteiger partial charge in [0.2, 0.25) is 0 Å². The molecule has 1 aromatic heterocycles. The molecule has 2 heterocycles. The zero-order valence-corrected chi connectivity index (χ0v) is 13.1. The Labute approximate surface area is 131 Å². The summed E-state index contributed by atoms with van der Waals surface area (Å²) in [6.45, 7) is 1.51. The van der Waals surface area contributed by atoms with E-state index < -0.39 is 0 Å². The lowest BCUT2D eigenvalue weighted by atomic mass is 10.0. The standard InChI is InChI=1S/C15H17BrN4O/c16-11-3-1-4-12(9-11)18-13-5-2-8-20(10-13)15(21)14-6-7-17-19-14/h1,3-4,6-7,9,13,18H,2,5,8,10H2,(H,17,19)/t13-/m1/s1. The van der Waals surface area contributed by atoms with Crippen molar-refractivity contribution in [1.29, 1.82) is 0 Å². The number of carbonyl (C=O) groups is 1. The van der Waals surface area contributed by atoms with Crippen LogP contribution in [-0.2, 0) is 0 Å². The van der Waals surface area contributed by atoms with E-state index in [9.17, 15) is 4.79 Å². The number of nitrogens with one attached hydrogen (secondary N) is 2. The number of amides is 1. The first-order chi connectivity index (χ1) is 10.2. The molecule has 0 aliphatic carbocycles. The van der Waals surface area contributed by atoms with Gasteiger partial charge in [0, 0.05) is 35.5 Å². The topological polar surface area (TPSA) is 61.0 Å². The number of hydrogen-bond donors (Lipinski definition) is 2. The monoisotopic (exact) mass is 348 g/mol. The van der Waals surface area contributed by atoms with Gasteiger partial charge in [-0.05, 0) is 37.1 Å². The molecule has 0 unspecified atom stereocenters. The SMILES string of the molecule is O=C(c1ccn[nH]1)N1CCC[C@@H](Nc2cccc(Br)c2)C1. The van der Waals surface area contributed by atoms with Gasteiger partial charge in [-0.2, -0.15) is 5.10 Å². The van der Waals surface area contributed by atoms with E-state index in [1.54, 1.807) is 12.3 Å². The summed E-state index contributed by atoms with van der Waals surface area (Å²) >= 11 is 3.47. The Hall–Kier alpha value is -1.82. The first-order valence-corrected chi connectivity index (χ1v) is 7.82. The van der Waals surface area contributed by atoms with Crippen molar-refractivity contribution in [3.8, 4) is 0 Å². The van der Waals surface area contributed by atoms with E-state index in [4.69, 9.17) is 0 Å². The number of anilines is 1. The number of hydrogen-bond acceptors (Lipinski definition) is 3. The van der Waals surface area contributed by atoms with Gasteiger partial charge in [-0.15, -0.1) is 0 Å². The first-order valence-electron chi connectivity index (χ1n) is 7.03. The Kier molecular flexibility index (Phi) is 4.24. The highest BCUT2D eigenvalue weighted by Crippen LogP contribution is 2.20. The number of aromatic amines is 1. The van der Waals surface area contributed by atoms with Crippen molar-refractivity contribution in [3.63, 3.8) is 0 Å². The van der Waals surface area contributed by atoms with Crippen LogP contribution in [0.4, 0.5) is 5.69 Å². The van der Waals surface area contributed by atoms with Crippen LogP contribution in [0.15, 0.2) is 41.0 Å². The summed E-state index contributed by atoms with van der Waals surface area (Å²) in [5.41, 5.74) is 1.63. The number of halogens is 1. The van der Waals surface area contributed by atoms with Crippen LogP contribution in [0.3, 0.4) is 0 Å². The van der Waals surface area contributed by atoms with Gasteiger partial charge >= 0.3 is 0 Å². The Balaban J connectivity index is 1.64. The Bertz CT molecular complexity index is 614. The molecule has 1 fully saturated rings. The number of rotatable bonds is 3. The lowest BCUT2D eigenvalue weighted by molar-refractivity contribution is 0.0709. The second kappa shape index (κ2) is 6.30. The summed E-state index contributed by atoms with van der Waals surface area (Å²) in [7, 11) is 0. The molecule has 1 aliphatic rings. The lowest BCUT2D eigenvalue weighted by Gasteiger charge is -2.33. The molecule has 3 rings (SSSR count). The summed E-state index contributed by atoms with van der Waals surface area (Å²) in [6, 6.07) is 10.1. The average molecular weight is 349 g/mol. The highest BCUT2D eigenvalue weighted by molar-refractivity contribution is 9.10. The number of piperidine rings is 1. The lowest BCUT2D eigenvalue weighted by Crippen LogP contribution is -2.45. The minimum Gasteiger partial charge on any atom is -0.380 e. The third-order valence-electron chi connectivity index (χ3n) is 3.64. The van der Waals surface area contributed by atoms with Crippen molar-refractivity contribution in [2.75, 3.05) is 18.4 Å². The molecule has 0 bridgehead atoms. The number of H-pyrrole nitrogens is 1. The van der Waals surface area contributed by atoms with Gasteiger partial charge in [-0.3, -0.25) is 9.89 Å². The molecule has 110 valence electrons. The normalized spacial score (nSPS) is 18.5. The van der Waals surface area contributed by atoms with Crippen molar-refractivity contribution in [3.05, 3.63) is 46.7 Å². The van der Waals surface area contributed by atoms with E-state index in [-0.39, 0.29) is 11.9 Å². The Morgan fingerprint density at radius 3 is 3.10 bits per heavy atom. The number of aromatic nitrogens is 2. The second-order valence-electron chi connectivity index (χ2n) is 5.22. The molecule has 0 saturated carbocycles. The summed E-state index contributed by atoms with van der Waals surface area (Å²) in [4.78, 5) is 14.2. The molecule has 1 atom stereocenters. The third-order valence-corrected chi connectivity index (χ3v) is 4.13. The van der Waals surface area contributed by atoms with Gasteiger partial charge in [0.15, 0.2) is 0 Å². The van der Waals surface area contributed by atoms with Crippen LogP contribution in [0.1, 0.15) is 23.3 Å². The fraction of sp³-hybridized carbons (Fsp3) is 0.333. The maximum absolute atomic E-state index is 12.3. The van der Waals surface area contributed by atoms with Crippen LogP contribution in [0.2, 0.25) is 0 Å². The van der Waals surface area contributed by atoms with Crippen LogP contribution in [0.5, 0.6) is 0 Å². The highest BCUT2D eigenvalue weighted by Gasteiger charge is 2.25. The van der Waals surface area contributed by atoms with Gasteiger partial charge in [0.05, 0.1) is 0 Å². The van der Waals surface area contributed by atoms with Crippen molar-refractivity contribution in [1.82, 2.24) is 15.1 Å². The molecule has 21 heavy (non-hydrogen) atoms. The minimum atomic E-state index is 0.0215. The minimum absolute atomic E-state index is 0.0215. The van der Waals surface area contributed by atoms with Gasteiger partial charge in [0.1, 0.15) is 5.69 Å². The fourth-order valence-corrected chi connectivity index (χ4v) is 3.04. The molecular weight excluding hydrogens is 332 g/mol. The molecule has 1 amide bonds. The van der Waals surface area contributed by atoms with Crippen molar-refractivity contribution < 1.29 is 4.79 Å². The summed E-state index contributed by atoms with van der Waals surface area (Å²) in [5.74, 6) is 0.0215. The van der Waals surface area contributed by atoms with E-state index in [0.717, 1.165) is 29.5 Å². The molecule has 2 N–H and O–H groups in total. The fourth-order valence-electron chi connectivity index (χ4n) is 2.64. The van der Waals surface area contributed by atoms with E-state index in [2.05, 4.69) is 37.5 Å². The molecule has 0 spiro atoms. The molecule has 2 aromatic rings. The quantitative estimate of drug-likeness (QED) is 0.896. The number of likely N-dealkylation sites (tertiary alicyclic amines) is 1. The molecule has 5 nitrogen and oxygen atoms in total. The van der Waals surface area contributed by atoms with Crippen molar-refractivity contribution in [2.45, 2.75) is 18.9 Å². The second-order valence-corrected chi connectivity index (χ2v) is 6.13. The predicted octanol–water partition coefficient (Wildman–Crippen LogP) is 2.89. The van der Waals surface area contributed by atoms with Crippen LogP contribution < -0.4 is 5.32 Å². The van der Waals surface area contributed by atoms with Crippen LogP contribution >= 0.6 is 15.9 Å². The summed E-state index contributed by atoms with van der Waals surface area (Å²) < 4.78 is 1.05. The molecule has 1 saturated heterocycles. The third kappa shape index (κ3) is 3.44. The smallest absolute Gasteiger partial charge is 0.271 e. The molecule has 1 aliphatic heterocycles. The molecule has 1 aromatic carbocycles. The number of carbonyl (C=O) groups excluding carboxylic acids is 1. The van der Waals surface area contributed by atoms with Gasteiger partial charge in [-0.1, -0.05) is 22.0 Å². The van der Waals surface area contributed by atoms with Crippen molar-refractivity contribution >= 4 is 27.5 Å². The molecule has 6 heteroatoms. The first kappa shape index (κ1) is 14.1. The zero-order chi connectivity index (χ0) is 14.7. The van der Waals surface area contributed by atoms with E-state index >= 15 is 0 Å². The van der Waals surface area contributed by atoms with Crippen molar-refractivity contribution in [2.24, 2.45) is 0 Å². The van der Waals surface area contributed by atoms with Gasteiger partial charge in [0.25, 0.3) is 5.91 Å². The summed E-state index contributed by atoms with van der Waals surface area (Å²) in [5, 5.41) is 10.1. The van der Waals surface area contributed by atoms with E-state index in [1.807, 2.05) is 23.1 Å². The number of nitrogens with zero attached hydrogens (tertiary/aromatic N) is 2. The Morgan fingerprint density at radius 2 is 2.33 bits per heavy atom. The van der Waals surface area contributed by atoms with Crippen LogP contribution in [0, 0.1) is 0 Å². The number of benzene rings is 1.